The first-order valence-electron chi connectivity index (χ1n) is 6.73. The van der Waals surface area contributed by atoms with E-state index >= 15 is 0 Å². The van der Waals surface area contributed by atoms with Gasteiger partial charge < -0.3 is 10.4 Å². The van der Waals surface area contributed by atoms with Gasteiger partial charge >= 0.3 is 0 Å². The Hall–Kier alpha value is -1.35. The van der Waals surface area contributed by atoms with Crippen molar-refractivity contribution in [2.75, 3.05) is 0 Å². The Morgan fingerprint density at radius 2 is 2.06 bits per heavy atom. The third-order valence-electron chi connectivity index (χ3n) is 3.86. The number of aliphatic hydroxyl groups excluding tert-OH is 1. The minimum atomic E-state index is -0.499. The fraction of sp³-hybridized carbons (Fsp3) is 0.533. The lowest BCUT2D eigenvalue weighted by molar-refractivity contribution is -0.126. The number of benzene rings is 1. The maximum Gasteiger partial charge on any atom is 0.223 e. The van der Waals surface area contributed by atoms with Crippen molar-refractivity contribution in [3.05, 3.63) is 35.4 Å². The quantitative estimate of drug-likeness (QED) is 0.857. The van der Waals surface area contributed by atoms with Crippen LogP contribution in [-0.4, -0.2) is 17.1 Å². The molecule has 0 bridgehead atoms. The van der Waals surface area contributed by atoms with Gasteiger partial charge in [0, 0.05) is 12.3 Å². The van der Waals surface area contributed by atoms with Gasteiger partial charge in [-0.2, -0.15) is 0 Å². The van der Waals surface area contributed by atoms with E-state index < -0.39 is 6.10 Å². The van der Waals surface area contributed by atoms with Crippen molar-refractivity contribution in [1.82, 2.24) is 5.32 Å². The van der Waals surface area contributed by atoms with Crippen molar-refractivity contribution in [3.63, 3.8) is 0 Å². The fourth-order valence-electron chi connectivity index (χ4n) is 2.68. The molecule has 3 nitrogen and oxygen atoms in total. The van der Waals surface area contributed by atoms with Crippen LogP contribution in [0, 0.1) is 5.92 Å². The maximum atomic E-state index is 12.1. The second kappa shape index (κ2) is 5.53. The number of hydrogen-bond donors (Lipinski definition) is 2. The van der Waals surface area contributed by atoms with Crippen LogP contribution in [0.4, 0.5) is 0 Å². The van der Waals surface area contributed by atoms with Gasteiger partial charge in [0.15, 0.2) is 0 Å². The highest BCUT2D eigenvalue weighted by Crippen LogP contribution is 2.31. The summed E-state index contributed by atoms with van der Waals surface area (Å²) < 4.78 is 0. The summed E-state index contributed by atoms with van der Waals surface area (Å²) in [6, 6.07) is 7.68. The Labute approximate surface area is 108 Å². The summed E-state index contributed by atoms with van der Waals surface area (Å²) >= 11 is 0. The molecule has 18 heavy (non-hydrogen) atoms. The van der Waals surface area contributed by atoms with Crippen LogP contribution < -0.4 is 5.32 Å². The van der Waals surface area contributed by atoms with E-state index in [0.29, 0.717) is 6.42 Å². The number of fused-ring (bicyclic) bond motifs is 1. The third kappa shape index (κ3) is 2.41. The van der Waals surface area contributed by atoms with E-state index in [1.807, 2.05) is 38.1 Å². The second-order valence-electron chi connectivity index (χ2n) is 4.97. The minimum Gasteiger partial charge on any atom is -0.390 e. The zero-order valence-electron chi connectivity index (χ0n) is 11.0. The molecule has 0 heterocycles. The predicted molar refractivity (Wildman–Crippen MR) is 71.1 cm³/mol. The molecule has 3 heteroatoms. The standard InChI is InChI=1S/C15H21NO2/c1-3-10(4-2)15(18)16-14-12-8-6-5-7-11(12)9-13(14)17/h5-8,10,13-14,17H,3-4,9H2,1-2H3,(H,16,18)/t13-,14+/m1/s1. The first-order valence-corrected chi connectivity index (χ1v) is 6.73. The Bertz CT molecular complexity index is 426. The average Bonchev–Trinajstić information content (AvgIpc) is 2.68. The number of amides is 1. The van der Waals surface area contributed by atoms with Gasteiger partial charge in [0.05, 0.1) is 12.1 Å². The van der Waals surface area contributed by atoms with Crippen LogP contribution in [0.3, 0.4) is 0 Å². The van der Waals surface area contributed by atoms with Gasteiger partial charge in [-0.25, -0.2) is 0 Å². The number of carbonyl (C=O) groups is 1. The van der Waals surface area contributed by atoms with E-state index in [-0.39, 0.29) is 17.9 Å². The predicted octanol–water partition coefficient (Wildman–Crippen LogP) is 2.20. The van der Waals surface area contributed by atoms with Gasteiger partial charge in [0.25, 0.3) is 0 Å². The molecule has 1 aliphatic carbocycles. The molecular weight excluding hydrogens is 226 g/mol. The molecular formula is C15H21NO2. The van der Waals surface area contributed by atoms with Gasteiger partial charge in [-0.05, 0) is 24.0 Å². The van der Waals surface area contributed by atoms with Crippen LogP contribution in [0.25, 0.3) is 0 Å². The van der Waals surface area contributed by atoms with Crippen LogP contribution in [0.2, 0.25) is 0 Å². The summed E-state index contributed by atoms with van der Waals surface area (Å²) in [7, 11) is 0. The van der Waals surface area contributed by atoms with E-state index in [2.05, 4.69) is 5.32 Å². The summed E-state index contributed by atoms with van der Waals surface area (Å²) in [6.07, 6.45) is 1.81. The molecule has 0 saturated carbocycles. The summed E-state index contributed by atoms with van der Waals surface area (Å²) in [5.41, 5.74) is 2.20. The van der Waals surface area contributed by atoms with Gasteiger partial charge in [-0.3, -0.25) is 4.79 Å². The van der Waals surface area contributed by atoms with Crippen LogP contribution in [0.1, 0.15) is 43.9 Å². The van der Waals surface area contributed by atoms with E-state index in [9.17, 15) is 9.90 Å². The van der Waals surface area contributed by atoms with Gasteiger partial charge in [-0.1, -0.05) is 38.1 Å². The Kier molecular flexibility index (Phi) is 4.02. The summed E-state index contributed by atoms with van der Waals surface area (Å²) in [5, 5.41) is 13.1. The van der Waals surface area contributed by atoms with Gasteiger partial charge in [0.2, 0.25) is 5.91 Å². The maximum absolute atomic E-state index is 12.1. The highest BCUT2D eigenvalue weighted by molar-refractivity contribution is 5.79. The third-order valence-corrected chi connectivity index (χ3v) is 3.86. The zero-order chi connectivity index (χ0) is 13.1. The molecule has 2 atom stereocenters. The number of rotatable bonds is 4. The highest BCUT2D eigenvalue weighted by Gasteiger charge is 2.32. The smallest absolute Gasteiger partial charge is 0.223 e. The normalized spacial score (nSPS) is 22.0. The molecule has 0 spiro atoms. The largest absolute Gasteiger partial charge is 0.390 e. The fourth-order valence-corrected chi connectivity index (χ4v) is 2.68. The molecule has 0 fully saturated rings. The minimum absolute atomic E-state index is 0.0463. The SMILES string of the molecule is CCC(CC)C(=O)N[C@H]1c2ccccc2C[C@H]1O. The Morgan fingerprint density at radius 1 is 1.39 bits per heavy atom. The molecule has 1 aromatic rings. The first-order chi connectivity index (χ1) is 8.67. The van der Waals surface area contributed by atoms with E-state index in [1.54, 1.807) is 0 Å². The number of carbonyl (C=O) groups excluding carboxylic acids is 1. The van der Waals surface area contributed by atoms with Crippen LogP contribution in [-0.2, 0) is 11.2 Å². The lowest BCUT2D eigenvalue weighted by Crippen LogP contribution is -2.37. The first kappa shape index (κ1) is 13.1. The lowest BCUT2D eigenvalue weighted by Gasteiger charge is -2.21. The van der Waals surface area contributed by atoms with E-state index in [1.165, 1.54) is 0 Å². The molecule has 0 unspecified atom stereocenters. The molecule has 1 amide bonds. The van der Waals surface area contributed by atoms with Crippen LogP contribution >= 0.6 is 0 Å². The van der Waals surface area contributed by atoms with Crippen molar-refractivity contribution >= 4 is 5.91 Å². The summed E-state index contributed by atoms with van der Waals surface area (Å²) in [6.45, 7) is 4.04. The van der Waals surface area contributed by atoms with Crippen molar-refractivity contribution in [1.29, 1.82) is 0 Å². The van der Waals surface area contributed by atoms with E-state index in [0.717, 1.165) is 24.0 Å². The summed E-state index contributed by atoms with van der Waals surface area (Å²) in [4.78, 5) is 12.1. The van der Waals surface area contributed by atoms with E-state index in [4.69, 9.17) is 0 Å². The molecule has 1 aliphatic rings. The molecule has 0 radical (unpaired) electrons. The monoisotopic (exact) mass is 247 g/mol. The zero-order valence-corrected chi connectivity index (χ0v) is 11.0. The van der Waals surface area contributed by atoms with Crippen molar-refractivity contribution in [3.8, 4) is 0 Å². The number of hydrogen-bond acceptors (Lipinski definition) is 2. The molecule has 2 N–H and O–H groups in total. The molecule has 0 aromatic heterocycles. The van der Waals surface area contributed by atoms with Gasteiger partial charge in [0.1, 0.15) is 0 Å². The molecule has 0 aliphatic heterocycles. The van der Waals surface area contributed by atoms with Crippen LogP contribution in [0.15, 0.2) is 24.3 Å². The topological polar surface area (TPSA) is 49.3 Å². The molecule has 98 valence electrons. The molecule has 0 saturated heterocycles. The molecule has 2 rings (SSSR count). The van der Waals surface area contributed by atoms with Crippen molar-refractivity contribution in [2.45, 2.75) is 45.3 Å². The second-order valence-corrected chi connectivity index (χ2v) is 4.97. The van der Waals surface area contributed by atoms with Crippen LogP contribution in [0.5, 0.6) is 0 Å². The highest BCUT2D eigenvalue weighted by atomic mass is 16.3. The van der Waals surface area contributed by atoms with Gasteiger partial charge in [-0.15, -0.1) is 0 Å². The Balaban J connectivity index is 2.12. The lowest BCUT2D eigenvalue weighted by atomic mass is 10.0. The summed E-state index contributed by atoms with van der Waals surface area (Å²) in [5.74, 6) is 0.103. The molecule has 1 aromatic carbocycles. The number of aliphatic hydroxyl groups is 1. The number of nitrogens with one attached hydrogen (secondary N) is 1. The Morgan fingerprint density at radius 3 is 2.72 bits per heavy atom. The van der Waals surface area contributed by atoms with Crippen molar-refractivity contribution < 1.29 is 9.90 Å². The average molecular weight is 247 g/mol. The van der Waals surface area contributed by atoms with Crippen molar-refractivity contribution in [2.24, 2.45) is 5.92 Å².